The van der Waals surface area contributed by atoms with Gasteiger partial charge in [-0.3, -0.25) is 4.79 Å². The highest BCUT2D eigenvalue weighted by Crippen LogP contribution is 2.22. The van der Waals surface area contributed by atoms with Gasteiger partial charge in [-0.05, 0) is 23.1 Å². The summed E-state index contributed by atoms with van der Waals surface area (Å²) in [5.41, 5.74) is 2.82. The molecular weight excluding hydrogens is 366 g/mol. The van der Waals surface area contributed by atoms with E-state index in [0.29, 0.717) is 52.4 Å². The molecular formula is C19H23N3O4S. The van der Waals surface area contributed by atoms with Crippen molar-refractivity contribution in [1.29, 1.82) is 0 Å². The summed E-state index contributed by atoms with van der Waals surface area (Å²) >= 11 is 0. The van der Waals surface area contributed by atoms with Crippen molar-refractivity contribution in [3.63, 3.8) is 0 Å². The van der Waals surface area contributed by atoms with Gasteiger partial charge in [-0.1, -0.05) is 30.3 Å². The Balaban J connectivity index is 1.58. The average Bonchev–Trinajstić information content (AvgIpc) is 2.69. The summed E-state index contributed by atoms with van der Waals surface area (Å²) in [6.07, 6.45) is 2.37. The summed E-state index contributed by atoms with van der Waals surface area (Å²) in [5.74, 6) is 0. The summed E-state index contributed by atoms with van der Waals surface area (Å²) in [4.78, 5) is 12.4. The third kappa shape index (κ3) is 3.84. The predicted octanol–water partition coefficient (Wildman–Crippen LogP) is 0.832. The molecule has 0 N–H and O–H groups in total. The van der Waals surface area contributed by atoms with Gasteiger partial charge in [0.15, 0.2) is 0 Å². The van der Waals surface area contributed by atoms with Crippen molar-refractivity contribution in [2.75, 3.05) is 32.8 Å². The normalized spacial score (nSPS) is 19.0. The summed E-state index contributed by atoms with van der Waals surface area (Å²) in [5, 5.41) is 0. The first-order valence-corrected chi connectivity index (χ1v) is 10.5. The highest BCUT2D eigenvalue weighted by molar-refractivity contribution is 7.86. The maximum Gasteiger partial charge on any atom is 0.282 e. The molecule has 0 amide bonds. The molecule has 4 rings (SSSR count). The van der Waals surface area contributed by atoms with Crippen LogP contribution < -0.4 is 5.56 Å². The molecule has 0 radical (unpaired) electrons. The van der Waals surface area contributed by atoms with Crippen LogP contribution in [-0.4, -0.2) is 54.4 Å². The molecule has 0 unspecified atom stereocenters. The van der Waals surface area contributed by atoms with E-state index < -0.39 is 10.2 Å². The molecule has 27 heavy (non-hydrogen) atoms. The van der Waals surface area contributed by atoms with Crippen molar-refractivity contribution in [3.05, 3.63) is 69.6 Å². The van der Waals surface area contributed by atoms with Crippen LogP contribution in [0.15, 0.2) is 47.4 Å². The molecule has 2 aliphatic heterocycles. The largest absolute Gasteiger partial charge is 0.379 e. The zero-order valence-corrected chi connectivity index (χ0v) is 15.9. The van der Waals surface area contributed by atoms with Gasteiger partial charge >= 0.3 is 0 Å². The number of benzene rings is 1. The fraction of sp³-hybridized carbons (Fsp3) is 0.421. The number of rotatable bonds is 4. The molecule has 0 spiro atoms. The Bertz CT molecular complexity index is 966. The Morgan fingerprint density at radius 2 is 1.70 bits per heavy atom. The summed E-state index contributed by atoms with van der Waals surface area (Å²) in [6.45, 7) is 2.81. The second-order valence-corrected chi connectivity index (χ2v) is 8.81. The van der Waals surface area contributed by atoms with Crippen LogP contribution in [0.25, 0.3) is 0 Å². The van der Waals surface area contributed by atoms with Crippen LogP contribution >= 0.6 is 0 Å². The second-order valence-electron chi connectivity index (χ2n) is 6.88. The summed E-state index contributed by atoms with van der Waals surface area (Å²) in [7, 11) is -3.51. The topological polar surface area (TPSA) is 71.9 Å². The van der Waals surface area contributed by atoms with Crippen LogP contribution in [0.5, 0.6) is 0 Å². The van der Waals surface area contributed by atoms with Gasteiger partial charge in [0, 0.05) is 38.4 Å². The minimum absolute atomic E-state index is 0.0536. The van der Waals surface area contributed by atoms with Crippen LogP contribution in [-0.2, 0) is 34.5 Å². The van der Waals surface area contributed by atoms with E-state index in [-0.39, 0.29) is 5.56 Å². The molecule has 7 nitrogen and oxygen atoms in total. The van der Waals surface area contributed by atoms with Crippen LogP contribution in [0.3, 0.4) is 0 Å². The lowest BCUT2D eigenvalue weighted by atomic mass is 10.0. The number of aromatic nitrogens is 1. The van der Waals surface area contributed by atoms with Gasteiger partial charge < -0.3 is 9.30 Å². The lowest BCUT2D eigenvalue weighted by Gasteiger charge is -2.34. The van der Waals surface area contributed by atoms with Gasteiger partial charge in [-0.25, -0.2) is 0 Å². The van der Waals surface area contributed by atoms with Gasteiger partial charge in [0.25, 0.3) is 15.8 Å². The third-order valence-corrected chi connectivity index (χ3v) is 7.08. The molecule has 0 saturated carbocycles. The van der Waals surface area contributed by atoms with Gasteiger partial charge in [0.05, 0.1) is 19.8 Å². The fourth-order valence-electron chi connectivity index (χ4n) is 3.59. The lowest BCUT2D eigenvalue weighted by Crippen LogP contribution is -2.50. The first kappa shape index (κ1) is 18.4. The van der Waals surface area contributed by atoms with Crippen molar-refractivity contribution in [3.8, 4) is 0 Å². The smallest absolute Gasteiger partial charge is 0.282 e. The Morgan fingerprint density at radius 1 is 0.963 bits per heavy atom. The minimum atomic E-state index is -3.51. The Hall–Kier alpha value is -2.00. The van der Waals surface area contributed by atoms with E-state index in [0.717, 1.165) is 16.7 Å². The van der Waals surface area contributed by atoms with E-state index in [4.69, 9.17) is 4.74 Å². The first-order chi connectivity index (χ1) is 13.0. The Morgan fingerprint density at radius 3 is 2.44 bits per heavy atom. The molecule has 0 bridgehead atoms. The number of hydrogen-bond donors (Lipinski definition) is 0. The monoisotopic (exact) mass is 389 g/mol. The van der Waals surface area contributed by atoms with Crippen molar-refractivity contribution in [1.82, 2.24) is 13.2 Å². The van der Waals surface area contributed by atoms with E-state index >= 15 is 0 Å². The summed E-state index contributed by atoms with van der Waals surface area (Å²) < 4.78 is 35.8. The molecule has 3 heterocycles. The van der Waals surface area contributed by atoms with Crippen molar-refractivity contribution < 1.29 is 13.2 Å². The van der Waals surface area contributed by atoms with Crippen LogP contribution in [0.1, 0.15) is 16.7 Å². The van der Waals surface area contributed by atoms with E-state index in [1.807, 2.05) is 36.5 Å². The molecule has 1 aromatic heterocycles. The predicted molar refractivity (Wildman–Crippen MR) is 102 cm³/mol. The zero-order chi connectivity index (χ0) is 18.9. The molecule has 2 aliphatic rings. The highest BCUT2D eigenvalue weighted by Gasteiger charge is 2.33. The number of nitrogens with zero attached hydrogens (tertiary/aromatic N) is 3. The molecule has 8 heteroatoms. The van der Waals surface area contributed by atoms with Crippen molar-refractivity contribution >= 4 is 10.2 Å². The standard InChI is InChI=1S/C19H23N3O4S/c23-19-12-17-6-7-22(27(24,25)21-8-10-26-11-9-21)15-18(17)14-20(19)13-16-4-2-1-3-5-16/h1-5,12,14H,6-11,13,15H2. The number of ether oxygens (including phenoxy) is 1. The molecule has 0 atom stereocenters. The second kappa shape index (κ2) is 7.55. The van der Waals surface area contributed by atoms with Gasteiger partial charge in [0.1, 0.15) is 0 Å². The highest BCUT2D eigenvalue weighted by atomic mass is 32.2. The van der Waals surface area contributed by atoms with Gasteiger partial charge in [0.2, 0.25) is 0 Å². The van der Waals surface area contributed by atoms with Crippen LogP contribution in [0, 0.1) is 0 Å². The molecule has 144 valence electrons. The first-order valence-electron chi connectivity index (χ1n) is 9.13. The van der Waals surface area contributed by atoms with Gasteiger partial charge in [-0.2, -0.15) is 17.0 Å². The fourth-order valence-corrected chi connectivity index (χ4v) is 5.15. The van der Waals surface area contributed by atoms with Crippen LogP contribution in [0.2, 0.25) is 0 Å². The van der Waals surface area contributed by atoms with E-state index in [9.17, 15) is 13.2 Å². The number of fused-ring (bicyclic) bond motifs is 1. The van der Waals surface area contributed by atoms with E-state index in [1.165, 1.54) is 8.61 Å². The lowest BCUT2D eigenvalue weighted by molar-refractivity contribution is 0.0699. The summed E-state index contributed by atoms with van der Waals surface area (Å²) in [6, 6.07) is 11.4. The maximum atomic E-state index is 12.9. The van der Waals surface area contributed by atoms with Crippen molar-refractivity contribution in [2.24, 2.45) is 0 Å². The van der Waals surface area contributed by atoms with Crippen molar-refractivity contribution in [2.45, 2.75) is 19.5 Å². The molecule has 1 saturated heterocycles. The minimum Gasteiger partial charge on any atom is -0.379 e. The van der Waals surface area contributed by atoms with Crippen LogP contribution in [0.4, 0.5) is 0 Å². The third-order valence-electron chi connectivity index (χ3n) is 5.10. The molecule has 1 fully saturated rings. The quantitative estimate of drug-likeness (QED) is 0.777. The number of hydrogen-bond acceptors (Lipinski definition) is 4. The molecule has 0 aliphatic carbocycles. The number of pyridine rings is 1. The maximum absolute atomic E-state index is 12.9. The number of morpholine rings is 1. The van der Waals surface area contributed by atoms with E-state index in [2.05, 4.69) is 0 Å². The Labute approximate surface area is 159 Å². The molecule has 1 aromatic carbocycles. The zero-order valence-electron chi connectivity index (χ0n) is 15.1. The average molecular weight is 389 g/mol. The molecule has 2 aromatic rings. The Kier molecular flexibility index (Phi) is 5.14. The van der Waals surface area contributed by atoms with E-state index in [1.54, 1.807) is 10.6 Å². The van der Waals surface area contributed by atoms with Gasteiger partial charge in [-0.15, -0.1) is 0 Å². The SMILES string of the molecule is O=c1cc2c(cn1Cc1ccccc1)CN(S(=O)(=O)N1CCOCC1)CC2.